The molecule has 63 heavy (non-hydrogen) atoms. The van der Waals surface area contributed by atoms with E-state index in [1.165, 1.54) is 83.5 Å². The summed E-state index contributed by atoms with van der Waals surface area (Å²) in [5.74, 6) is -1.02. The summed E-state index contributed by atoms with van der Waals surface area (Å²) in [5, 5.41) is 0. The summed E-state index contributed by atoms with van der Waals surface area (Å²) in [4.78, 5) is 37.9. The van der Waals surface area contributed by atoms with Crippen molar-refractivity contribution in [3.8, 4) is 0 Å². The van der Waals surface area contributed by atoms with E-state index in [1.807, 2.05) is 54.7 Å². The molecule has 0 aromatic carbocycles. The smallest absolute Gasteiger partial charge is 0.306 e. The van der Waals surface area contributed by atoms with Gasteiger partial charge in [0.1, 0.15) is 13.2 Å². The summed E-state index contributed by atoms with van der Waals surface area (Å²) in [6.07, 6.45) is 68.0. The molecule has 0 aliphatic carbocycles. The molecule has 0 aromatic heterocycles. The summed E-state index contributed by atoms with van der Waals surface area (Å²) in [6, 6.07) is 0. The highest BCUT2D eigenvalue weighted by Gasteiger charge is 2.19. The SMILES string of the molecule is CC/C=C/C=C/C=C/C=C/C=C/CCCC(=O)OCC(COC(=O)CCCCC/C=C/C/C=C/C/C=C/C/C=C/CC)OC(=O)CCCCCCCCCCCCCCCCCC. The van der Waals surface area contributed by atoms with Gasteiger partial charge in [0, 0.05) is 19.3 Å². The normalized spacial score (nSPS) is 13.0. The molecular weight excluding hydrogens is 781 g/mol. The molecule has 356 valence electrons. The van der Waals surface area contributed by atoms with Crippen molar-refractivity contribution in [2.75, 3.05) is 13.2 Å². The molecule has 0 saturated carbocycles. The Bertz CT molecular complexity index is 1330. The lowest BCUT2D eigenvalue weighted by atomic mass is 10.0. The first-order valence-corrected chi connectivity index (χ1v) is 25.5. The highest BCUT2D eigenvalue weighted by atomic mass is 16.6. The third kappa shape index (κ3) is 49.0. The molecular formula is C57H92O6. The lowest BCUT2D eigenvalue weighted by molar-refractivity contribution is -0.167. The van der Waals surface area contributed by atoms with E-state index in [0.29, 0.717) is 19.3 Å². The molecule has 0 aliphatic heterocycles. The summed E-state index contributed by atoms with van der Waals surface area (Å²) in [6.45, 7) is 6.28. The monoisotopic (exact) mass is 873 g/mol. The molecule has 0 amide bonds. The minimum absolute atomic E-state index is 0.118. The van der Waals surface area contributed by atoms with E-state index in [0.717, 1.165) is 83.5 Å². The Kier molecular flexibility index (Phi) is 47.5. The molecule has 0 rings (SSSR count). The van der Waals surface area contributed by atoms with Crippen LogP contribution in [0.4, 0.5) is 0 Å². The Balaban J connectivity index is 4.53. The second-order valence-corrected chi connectivity index (χ2v) is 16.4. The zero-order valence-electron chi connectivity index (χ0n) is 40.5. The van der Waals surface area contributed by atoms with Crippen LogP contribution in [0.2, 0.25) is 0 Å². The fourth-order valence-electron chi connectivity index (χ4n) is 6.64. The van der Waals surface area contributed by atoms with Crippen LogP contribution < -0.4 is 0 Å². The minimum atomic E-state index is -0.819. The lowest BCUT2D eigenvalue weighted by Gasteiger charge is -2.18. The van der Waals surface area contributed by atoms with Crippen molar-refractivity contribution >= 4 is 17.9 Å². The number of hydrogen-bond acceptors (Lipinski definition) is 6. The van der Waals surface area contributed by atoms with Gasteiger partial charge in [-0.15, -0.1) is 0 Å². The van der Waals surface area contributed by atoms with Crippen molar-refractivity contribution in [1.82, 2.24) is 0 Å². The number of allylic oxidation sites excluding steroid dienone is 18. The van der Waals surface area contributed by atoms with Crippen molar-refractivity contribution in [2.45, 2.75) is 219 Å². The predicted molar refractivity (Wildman–Crippen MR) is 270 cm³/mol. The Labute approximate surface area is 387 Å². The highest BCUT2D eigenvalue weighted by Crippen LogP contribution is 2.15. The van der Waals surface area contributed by atoms with Gasteiger partial charge in [0.2, 0.25) is 0 Å². The van der Waals surface area contributed by atoms with Gasteiger partial charge in [-0.1, -0.05) is 233 Å². The Morgan fingerprint density at radius 1 is 0.349 bits per heavy atom. The summed E-state index contributed by atoms with van der Waals surface area (Å²) in [5.41, 5.74) is 0. The first-order chi connectivity index (χ1) is 31.0. The summed E-state index contributed by atoms with van der Waals surface area (Å²) < 4.78 is 16.7. The van der Waals surface area contributed by atoms with Crippen molar-refractivity contribution in [2.24, 2.45) is 0 Å². The molecule has 1 atom stereocenters. The van der Waals surface area contributed by atoms with Crippen molar-refractivity contribution in [3.63, 3.8) is 0 Å². The number of rotatable bonds is 44. The number of hydrogen-bond donors (Lipinski definition) is 0. The predicted octanol–water partition coefficient (Wildman–Crippen LogP) is 16.8. The summed E-state index contributed by atoms with van der Waals surface area (Å²) in [7, 11) is 0. The van der Waals surface area contributed by atoms with Gasteiger partial charge in [0.15, 0.2) is 6.10 Å². The van der Waals surface area contributed by atoms with Crippen LogP contribution in [0.3, 0.4) is 0 Å². The zero-order chi connectivity index (χ0) is 45.8. The minimum Gasteiger partial charge on any atom is -0.462 e. The molecule has 0 spiro atoms. The third-order valence-corrected chi connectivity index (χ3v) is 10.4. The number of ether oxygens (including phenoxy) is 3. The molecule has 0 bridgehead atoms. The largest absolute Gasteiger partial charge is 0.462 e. The molecule has 0 N–H and O–H groups in total. The molecule has 0 saturated heterocycles. The maximum atomic E-state index is 12.8. The van der Waals surface area contributed by atoms with Crippen LogP contribution in [0.5, 0.6) is 0 Å². The van der Waals surface area contributed by atoms with E-state index >= 15 is 0 Å². The molecule has 0 radical (unpaired) electrons. The van der Waals surface area contributed by atoms with E-state index < -0.39 is 6.10 Å². The number of unbranched alkanes of at least 4 members (excludes halogenated alkanes) is 19. The quantitative estimate of drug-likeness (QED) is 0.0199. The van der Waals surface area contributed by atoms with E-state index in [9.17, 15) is 14.4 Å². The molecule has 1 unspecified atom stereocenters. The molecule has 6 nitrogen and oxygen atoms in total. The van der Waals surface area contributed by atoms with Gasteiger partial charge in [-0.25, -0.2) is 0 Å². The third-order valence-electron chi connectivity index (χ3n) is 10.4. The van der Waals surface area contributed by atoms with Gasteiger partial charge < -0.3 is 14.2 Å². The average Bonchev–Trinajstić information content (AvgIpc) is 3.28. The molecule has 6 heteroatoms. The fraction of sp³-hybridized carbons (Fsp3) is 0.632. The van der Waals surface area contributed by atoms with Gasteiger partial charge in [-0.2, -0.15) is 0 Å². The standard InChI is InChI=1S/C57H92O6/c1-4-7-10-13-16-19-22-25-27-29-32-35-38-41-44-47-50-56(59)62-53-54(52-61-55(58)49-46-43-40-37-34-31-24-21-18-15-12-9-6-3)63-57(60)51-48-45-42-39-36-33-30-28-26-23-20-17-14-11-8-5-2/h7,9-10,12,15-16,18-19,21,24-25,27,31-32,34-35,37,40,54H,4-6,8,11,13-14,17,20,22-23,26,28-30,33,36,38-39,41-53H2,1-3H3/b10-7+,12-9+,18-15+,19-16+,24-21+,27-25+,34-31+,35-32+,40-37+. The van der Waals surface area contributed by atoms with Crippen molar-refractivity contribution < 1.29 is 28.6 Å². The van der Waals surface area contributed by atoms with Crippen molar-refractivity contribution in [3.05, 3.63) is 109 Å². The van der Waals surface area contributed by atoms with Crippen molar-refractivity contribution in [1.29, 1.82) is 0 Å². The van der Waals surface area contributed by atoms with Gasteiger partial charge in [-0.3, -0.25) is 14.4 Å². The number of esters is 3. The van der Waals surface area contributed by atoms with Gasteiger partial charge in [-0.05, 0) is 70.6 Å². The van der Waals surface area contributed by atoms with Gasteiger partial charge in [0.25, 0.3) is 0 Å². The Morgan fingerprint density at radius 2 is 0.714 bits per heavy atom. The Hall–Kier alpha value is -3.93. The van der Waals surface area contributed by atoms with E-state index in [1.54, 1.807) is 0 Å². The van der Waals surface area contributed by atoms with Crippen LogP contribution in [0.25, 0.3) is 0 Å². The number of carbonyl (C=O) groups excluding carboxylic acids is 3. The van der Waals surface area contributed by atoms with Crippen LogP contribution >= 0.6 is 0 Å². The van der Waals surface area contributed by atoms with Gasteiger partial charge in [0.05, 0.1) is 0 Å². The first-order valence-electron chi connectivity index (χ1n) is 25.5. The maximum Gasteiger partial charge on any atom is 0.306 e. The fourth-order valence-corrected chi connectivity index (χ4v) is 6.64. The number of carbonyl (C=O) groups is 3. The molecule has 0 aromatic rings. The molecule has 0 fully saturated rings. The Morgan fingerprint density at radius 3 is 1.21 bits per heavy atom. The van der Waals surface area contributed by atoms with Crippen LogP contribution in [0.1, 0.15) is 213 Å². The molecule has 0 aliphatic rings. The van der Waals surface area contributed by atoms with Crippen LogP contribution in [-0.4, -0.2) is 37.2 Å². The maximum absolute atomic E-state index is 12.8. The topological polar surface area (TPSA) is 78.9 Å². The average molecular weight is 873 g/mol. The van der Waals surface area contributed by atoms with Crippen LogP contribution in [0.15, 0.2) is 109 Å². The highest BCUT2D eigenvalue weighted by molar-refractivity contribution is 5.71. The van der Waals surface area contributed by atoms with E-state index in [2.05, 4.69) is 75.5 Å². The second kappa shape index (κ2) is 50.7. The first kappa shape index (κ1) is 59.1. The lowest BCUT2D eigenvalue weighted by Crippen LogP contribution is -2.30. The molecule has 0 heterocycles. The van der Waals surface area contributed by atoms with E-state index in [-0.39, 0.29) is 37.5 Å². The van der Waals surface area contributed by atoms with Crippen LogP contribution in [0, 0.1) is 0 Å². The zero-order valence-corrected chi connectivity index (χ0v) is 40.5. The summed E-state index contributed by atoms with van der Waals surface area (Å²) >= 11 is 0. The second-order valence-electron chi connectivity index (χ2n) is 16.4. The van der Waals surface area contributed by atoms with E-state index in [4.69, 9.17) is 14.2 Å². The van der Waals surface area contributed by atoms with Crippen LogP contribution in [-0.2, 0) is 28.6 Å². The van der Waals surface area contributed by atoms with Gasteiger partial charge >= 0.3 is 17.9 Å².